The Hall–Kier alpha value is -2.30. The monoisotopic (exact) mass is 417 g/mol. The van der Waals surface area contributed by atoms with Gasteiger partial charge < -0.3 is 9.64 Å². The number of amides is 1. The maximum atomic E-state index is 12.7. The van der Waals surface area contributed by atoms with Gasteiger partial charge in [0.05, 0.1) is 7.11 Å². The molecule has 1 aliphatic rings. The molecule has 1 saturated heterocycles. The molecule has 0 saturated carbocycles. The molecule has 3 rings (SSSR count). The molecule has 1 amide bonds. The summed E-state index contributed by atoms with van der Waals surface area (Å²) in [6.07, 6.45) is 4.52. The number of methoxy groups -OCH3 is 1. The van der Waals surface area contributed by atoms with Gasteiger partial charge in [-0.2, -0.15) is 0 Å². The number of rotatable bonds is 5. The fraction of sp³-hybridized carbons (Fsp3) is 0.273. The molecule has 146 valence electrons. The second-order valence-corrected chi connectivity index (χ2v) is 7.54. The van der Waals surface area contributed by atoms with Crippen molar-refractivity contribution >= 4 is 41.0 Å². The number of nitrogens with zero attached hydrogens (tertiary/aromatic N) is 1. The van der Waals surface area contributed by atoms with Gasteiger partial charge in [0.2, 0.25) is 5.91 Å². The van der Waals surface area contributed by atoms with Crippen LogP contribution < -0.4 is 4.74 Å². The highest BCUT2D eigenvalue weighted by Gasteiger charge is 2.27. The van der Waals surface area contributed by atoms with E-state index in [4.69, 9.17) is 27.9 Å². The number of carbonyl (C=O) groups is 2. The van der Waals surface area contributed by atoms with Crippen LogP contribution in [0.4, 0.5) is 0 Å². The summed E-state index contributed by atoms with van der Waals surface area (Å²) in [6.45, 7) is 1.12. The first kappa shape index (κ1) is 20.4. The maximum absolute atomic E-state index is 12.7. The van der Waals surface area contributed by atoms with Gasteiger partial charge in [-0.3, -0.25) is 9.59 Å². The summed E-state index contributed by atoms with van der Waals surface area (Å²) in [5.41, 5.74) is 1.42. The number of benzene rings is 2. The number of ether oxygens (including phenoxy) is 1. The lowest BCUT2D eigenvalue weighted by atomic mass is 9.89. The van der Waals surface area contributed by atoms with Gasteiger partial charge in [-0.15, -0.1) is 0 Å². The molecule has 2 aromatic rings. The molecule has 6 heteroatoms. The fourth-order valence-corrected chi connectivity index (χ4v) is 3.73. The third kappa shape index (κ3) is 4.94. The number of piperidine rings is 1. The normalized spacial score (nSPS) is 15.0. The van der Waals surface area contributed by atoms with E-state index in [1.165, 1.54) is 6.08 Å². The van der Waals surface area contributed by atoms with E-state index in [2.05, 4.69) is 0 Å². The van der Waals surface area contributed by atoms with Gasteiger partial charge in [0.15, 0.2) is 5.78 Å². The number of carbonyl (C=O) groups excluding carboxylic acids is 2. The van der Waals surface area contributed by atoms with Gasteiger partial charge in [-0.1, -0.05) is 29.3 Å². The van der Waals surface area contributed by atoms with Crippen molar-refractivity contribution in [2.24, 2.45) is 5.92 Å². The second-order valence-electron chi connectivity index (χ2n) is 6.69. The number of Topliss-reactive ketones (excluding diaryl/α,β-unsaturated/α-hetero) is 1. The third-order valence-corrected chi connectivity index (χ3v) is 5.48. The molecule has 1 fully saturated rings. The molecule has 0 aromatic heterocycles. The standard InChI is InChI=1S/C22H21Cl2NO3/c1-28-19-7-3-16(4-8-19)22(27)17-10-12-25(13-11-17)21(26)9-5-15-2-6-18(23)14-20(15)24/h2-9,14,17H,10-13H2,1H3/b9-5+. The van der Waals surface area contributed by atoms with E-state index < -0.39 is 0 Å². The van der Waals surface area contributed by atoms with Crippen LogP contribution in [0, 0.1) is 5.92 Å². The Labute approximate surface area is 174 Å². The molecule has 0 N–H and O–H groups in total. The van der Waals surface area contributed by atoms with Crippen LogP contribution in [0.5, 0.6) is 5.75 Å². The van der Waals surface area contributed by atoms with E-state index in [0.717, 1.165) is 11.3 Å². The Morgan fingerprint density at radius 2 is 1.75 bits per heavy atom. The zero-order valence-electron chi connectivity index (χ0n) is 15.5. The molecule has 1 aliphatic heterocycles. The summed E-state index contributed by atoms with van der Waals surface area (Å²) in [5.74, 6) is 0.705. The summed E-state index contributed by atoms with van der Waals surface area (Å²) in [6, 6.07) is 12.3. The molecule has 0 spiro atoms. The van der Waals surface area contributed by atoms with Crippen molar-refractivity contribution in [2.75, 3.05) is 20.2 Å². The largest absolute Gasteiger partial charge is 0.497 e. The molecular weight excluding hydrogens is 397 g/mol. The first-order chi connectivity index (χ1) is 13.5. The van der Waals surface area contributed by atoms with Crippen molar-refractivity contribution in [3.63, 3.8) is 0 Å². The molecule has 0 aliphatic carbocycles. The molecule has 28 heavy (non-hydrogen) atoms. The van der Waals surface area contributed by atoms with E-state index in [1.807, 2.05) is 0 Å². The van der Waals surface area contributed by atoms with Crippen molar-refractivity contribution in [3.8, 4) is 5.75 Å². The third-order valence-electron chi connectivity index (χ3n) is 4.92. The number of hydrogen-bond acceptors (Lipinski definition) is 3. The Kier molecular flexibility index (Phi) is 6.76. The van der Waals surface area contributed by atoms with Crippen molar-refractivity contribution in [1.82, 2.24) is 4.90 Å². The van der Waals surface area contributed by atoms with Crippen LogP contribution in [-0.2, 0) is 4.79 Å². The molecule has 1 heterocycles. The Morgan fingerprint density at radius 3 is 2.36 bits per heavy atom. The lowest BCUT2D eigenvalue weighted by Gasteiger charge is -2.30. The highest BCUT2D eigenvalue weighted by Crippen LogP contribution is 2.24. The van der Waals surface area contributed by atoms with Gasteiger partial charge in [-0.25, -0.2) is 0 Å². The van der Waals surface area contributed by atoms with Crippen LogP contribution >= 0.6 is 23.2 Å². The molecule has 2 aromatic carbocycles. The Balaban J connectivity index is 1.56. The lowest BCUT2D eigenvalue weighted by molar-refractivity contribution is -0.127. The van der Waals surface area contributed by atoms with Crippen LogP contribution in [0.15, 0.2) is 48.5 Å². The number of likely N-dealkylation sites (tertiary alicyclic amines) is 1. The van der Waals surface area contributed by atoms with E-state index in [-0.39, 0.29) is 17.6 Å². The van der Waals surface area contributed by atoms with Crippen LogP contribution in [0.3, 0.4) is 0 Å². The van der Waals surface area contributed by atoms with Gasteiger partial charge in [0.1, 0.15) is 5.75 Å². The average Bonchev–Trinajstić information content (AvgIpc) is 2.72. The lowest BCUT2D eigenvalue weighted by Crippen LogP contribution is -2.39. The fourth-order valence-electron chi connectivity index (χ4n) is 3.26. The second kappa shape index (κ2) is 9.26. The van der Waals surface area contributed by atoms with Crippen molar-refractivity contribution < 1.29 is 14.3 Å². The summed E-state index contributed by atoms with van der Waals surface area (Å²) < 4.78 is 5.13. The summed E-state index contributed by atoms with van der Waals surface area (Å²) in [5, 5.41) is 1.05. The zero-order chi connectivity index (χ0) is 20.1. The molecular formula is C22H21Cl2NO3. The van der Waals surface area contributed by atoms with Crippen molar-refractivity contribution in [3.05, 3.63) is 69.7 Å². The van der Waals surface area contributed by atoms with Crippen LogP contribution in [-0.4, -0.2) is 36.8 Å². The van der Waals surface area contributed by atoms with E-state index >= 15 is 0 Å². The van der Waals surface area contributed by atoms with Crippen LogP contribution in [0.25, 0.3) is 6.08 Å². The molecule has 0 bridgehead atoms. The summed E-state index contributed by atoms with van der Waals surface area (Å²) in [7, 11) is 1.60. The molecule has 4 nitrogen and oxygen atoms in total. The highest BCUT2D eigenvalue weighted by atomic mass is 35.5. The van der Waals surface area contributed by atoms with Crippen molar-refractivity contribution in [1.29, 1.82) is 0 Å². The van der Waals surface area contributed by atoms with Gasteiger partial charge in [-0.05, 0) is 60.9 Å². The number of halogens is 2. The first-order valence-electron chi connectivity index (χ1n) is 9.08. The number of ketones is 1. The topological polar surface area (TPSA) is 46.6 Å². The highest BCUT2D eigenvalue weighted by molar-refractivity contribution is 6.35. The Bertz CT molecular complexity index is 885. The SMILES string of the molecule is COc1ccc(C(=O)C2CCN(C(=O)/C=C/c3ccc(Cl)cc3Cl)CC2)cc1. The quantitative estimate of drug-likeness (QED) is 0.499. The minimum atomic E-state index is -0.0821. The summed E-state index contributed by atoms with van der Waals surface area (Å²) in [4.78, 5) is 26.9. The molecule has 0 unspecified atom stereocenters. The average molecular weight is 418 g/mol. The van der Waals surface area contributed by atoms with Crippen LogP contribution in [0.1, 0.15) is 28.8 Å². The van der Waals surface area contributed by atoms with Crippen molar-refractivity contribution in [2.45, 2.75) is 12.8 Å². The Morgan fingerprint density at radius 1 is 1.07 bits per heavy atom. The summed E-state index contributed by atoms with van der Waals surface area (Å²) >= 11 is 12.0. The van der Waals surface area contributed by atoms with E-state index in [0.29, 0.717) is 41.5 Å². The van der Waals surface area contributed by atoms with E-state index in [1.54, 1.807) is 60.6 Å². The predicted octanol–water partition coefficient (Wildman–Crippen LogP) is 5.14. The van der Waals surface area contributed by atoms with E-state index in [9.17, 15) is 9.59 Å². The van der Waals surface area contributed by atoms with Gasteiger partial charge in [0, 0.05) is 40.7 Å². The zero-order valence-corrected chi connectivity index (χ0v) is 17.0. The molecule has 0 atom stereocenters. The smallest absolute Gasteiger partial charge is 0.246 e. The minimum absolute atomic E-state index is 0.0628. The molecule has 0 radical (unpaired) electrons. The van der Waals surface area contributed by atoms with Crippen LogP contribution in [0.2, 0.25) is 10.0 Å². The first-order valence-corrected chi connectivity index (χ1v) is 9.84. The number of hydrogen-bond donors (Lipinski definition) is 0. The minimum Gasteiger partial charge on any atom is -0.497 e. The predicted molar refractivity (Wildman–Crippen MR) is 112 cm³/mol. The van der Waals surface area contributed by atoms with Gasteiger partial charge in [0.25, 0.3) is 0 Å². The van der Waals surface area contributed by atoms with Gasteiger partial charge >= 0.3 is 0 Å². The maximum Gasteiger partial charge on any atom is 0.246 e.